The van der Waals surface area contributed by atoms with Gasteiger partial charge in [0.25, 0.3) is 5.91 Å². The molecule has 1 amide bonds. The number of carbonyl (C=O) groups excluding carboxylic acids is 1. The van der Waals surface area contributed by atoms with Crippen LogP contribution >= 0.6 is 0 Å². The Balaban J connectivity index is 1.54. The van der Waals surface area contributed by atoms with Crippen molar-refractivity contribution in [3.63, 3.8) is 0 Å². The molecule has 1 saturated heterocycles. The average molecular weight is 279 g/mol. The van der Waals surface area contributed by atoms with Crippen LogP contribution in [0.3, 0.4) is 0 Å². The van der Waals surface area contributed by atoms with Gasteiger partial charge in [0.05, 0.1) is 24.6 Å². The SMILES string of the molecule is Cc1cnc(C(=O)NCCCOC[C@H]2CCCO2)cn1. The third kappa shape index (κ3) is 4.86. The van der Waals surface area contributed by atoms with E-state index in [0.717, 1.165) is 31.6 Å². The van der Waals surface area contributed by atoms with E-state index in [0.29, 0.717) is 25.5 Å². The highest BCUT2D eigenvalue weighted by atomic mass is 16.5. The number of nitrogens with zero attached hydrogens (tertiary/aromatic N) is 2. The second kappa shape index (κ2) is 7.91. The Kier molecular flexibility index (Phi) is 5.88. The predicted octanol–water partition coefficient (Wildman–Crippen LogP) is 1.10. The zero-order valence-corrected chi connectivity index (χ0v) is 11.8. The summed E-state index contributed by atoms with van der Waals surface area (Å²) in [5.41, 5.74) is 1.14. The van der Waals surface area contributed by atoms with Crippen molar-refractivity contribution >= 4 is 5.91 Å². The average Bonchev–Trinajstić information content (AvgIpc) is 2.96. The van der Waals surface area contributed by atoms with Gasteiger partial charge >= 0.3 is 0 Å². The summed E-state index contributed by atoms with van der Waals surface area (Å²) in [6.07, 6.45) is 6.31. The lowest BCUT2D eigenvalue weighted by Gasteiger charge is -2.10. The Labute approximate surface area is 118 Å². The zero-order valence-electron chi connectivity index (χ0n) is 11.8. The first kappa shape index (κ1) is 14.9. The predicted molar refractivity (Wildman–Crippen MR) is 73.5 cm³/mol. The molecule has 1 aliphatic rings. The van der Waals surface area contributed by atoms with Crippen molar-refractivity contribution in [1.29, 1.82) is 0 Å². The fraction of sp³-hybridized carbons (Fsp3) is 0.643. The van der Waals surface area contributed by atoms with Crippen LogP contribution in [0, 0.1) is 6.92 Å². The molecule has 0 aromatic carbocycles. The van der Waals surface area contributed by atoms with E-state index in [2.05, 4.69) is 15.3 Å². The first-order valence-electron chi connectivity index (χ1n) is 7.02. The minimum atomic E-state index is -0.198. The highest BCUT2D eigenvalue weighted by Crippen LogP contribution is 2.11. The number of carbonyl (C=O) groups is 1. The fourth-order valence-corrected chi connectivity index (χ4v) is 1.97. The van der Waals surface area contributed by atoms with Gasteiger partial charge in [-0.1, -0.05) is 0 Å². The largest absolute Gasteiger partial charge is 0.379 e. The number of hydrogen-bond donors (Lipinski definition) is 1. The topological polar surface area (TPSA) is 73.3 Å². The summed E-state index contributed by atoms with van der Waals surface area (Å²) in [5.74, 6) is -0.198. The van der Waals surface area contributed by atoms with E-state index in [1.807, 2.05) is 6.92 Å². The highest BCUT2D eigenvalue weighted by Gasteiger charge is 2.14. The van der Waals surface area contributed by atoms with Crippen molar-refractivity contribution < 1.29 is 14.3 Å². The molecule has 1 N–H and O–H groups in total. The summed E-state index contributed by atoms with van der Waals surface area (Å²) >= 11 is 0. The molecular weight excluding hydrogens is 258 g/mol. The summed E-state index contributed by atoms with van der Waals surface area (Å²) in [4.78, 5) is 19.8. The quantitative estimate of drug-likeness (QED) is 0.757. The Morgan fingerprint density at radius 3 is 3.10 bits per heavy atom. The summed E-state index contributed by atoms with van der Waals surface area (Å²) in [5, 5.41) is 2.79. The number of ether oxygens (including phenoxy) is 2. The van der Waals surface area contributed by atoms with Crippen LogP contribution in [0.15, 0.2) is 12.4 Å². The first-order chi connectivity index (χ1) is 9.75. The summed E-state index contributed by atoms with van der Waals surface area (Å²) in [6.45, 7) is 4.53. The Bertz CT molecular complexity index is 416. The monoisotopic (exact) mass is 279 g/mol. The van der Waals surface area contributed by atoms with Crippen LogP contribution in [0.5, 0.6) is 0 Å². The molecule has 0 bridgehead atoms. The van der Waals surface area contributed by atoms with Gasteiger partial charge in [0.1, 0.15) is 5.69 Å². The lowest BCUT2D eigenvalue weighted by Crippen LogP contribution is -2.26. The molecule has 110 valence electrons. The van der Waals surface area contributed by atoms with Crippen LogP contribution in [0.4, 0.5) is 0 Å². The Morgan fingerprint density at radius 1 is 1.50 bits per heavy atom. The van der Waals surface area contributed by atoms with Gasteiger partial charge in [-0.15, -0.1) is 0 Å². The van der Waals surface area contributed by atoms with Crippen LogP contribution in [0.2, 0.25) is 0 Å². The molecule has 2 rings (SSSR count). The molecule has 20 heavy (non-hydrogen) atoms. The highest BCUT2D eigenvalue weighted by molar-refractivity contribution is 5.91. The zero-order chi connectivity index (χ0) is 14.2. The molecule has 1 fully saturated rings. The minimum Gasteiger partial charge on any atom is -0.379 e. The molecular formula is C14H21N3O3. The maximum Gasteiger partial charge on any atom is 0.271 e. The Morgan fingerprint density at radius 2 is 2.40 bits per heavy atom. The van der Waals surface area contributed by atoms with Crippen molar-refractivity contribution in [3.05, 3.63) is 23.8 Å². The Hall–Kier alpha value is -1.53. The second-order valence-corrected chi connectivity index (χ2v) is 4.86. The van der Waals surface area contributed by atoms with Crippen LogP contribution in [-0.2, 0) is 9.47 Å². The molecule has 0 saturated carbocycles. The minimum absolute atomic E-state index is 0.198. The lowest BCUT2D eigenvalue weighted by atomic mass is 10.2. The van der Waals surface area contributed by atoms with Crippen molar-refractivity contribution in [1.82, 2.24) is 15.3 Å². The molecule has 6 nitrogen and oxygen atoms in total. The number of amides is 1. The van der Waals surface area contributed by atoms with Crippen LogP contribution in [0.25, 0.3) is 0 Å². The van der Waals surface area contributed by atoms with Gasteiger partial charge in [0, 0.05) is 26.0 Å². The number of aromatic nitrogens is 2. The van der Waals surface area contributed by atoms with Gasteiger partial charge in [-0.2, -0.15) is 0 Å². The maximum absolute atomic E-state index is 11.7. The van der Waals surface area contributed by atoms with Gasteiger partial charge in [0.15, 0.2) is 0 Å². The first-order valence-corrected chi connectivity index (χ1v) is 7.02. The van der Waals surface area contributed by atoms with Gasteiger partial charge < -0.3 is 14.8 Å². The van der Waals surface area contributed by atoms with Crippen LogP contribution < -0.4 is 5.32 Å². The molecule has 1 aromatic rings. The van der Waals surface area contributed by atoms with E-state index in [9.17, 15) is 4.79 Å². The van der Waals surface area contributed by atoms with E-state index < -0.39 is 0 Å². The van der Waals surface area contributed by atoms with Crippen molar-refractivity contribution in [2.75, 3.05) is 26.4 Å². The van der Waals surface area contributed by atoms with E-state index in [1.54, 1.807) is 6.20 Å². The standard InChI is InChI=1S/C14H21N3O3/c1-11-8-17-13(9-16-11)14(18)15-5-3-6-19-10-12-4-2-7-20-12/h8-9,12H,2-7,10H2,1H3,(H,15,18)/t12-/m1/s1. The van der Waals surface area contributed by atoms with Crippen molar-refractivity contribution in [2.24, 2.45) is 0 Å². The molecule has 1 aliphatic heterocycles. The van der Waals surface area contributed by atoms with Crippen LogP contribution in [0.1, 0.15) is 35.4 Å². The van der Waals surface area contributed by atoms with Gasteiger partial charge in [0.2, 0.25) is 0 Å². The number of nitrogens with one attached hydrogen (secondary N) is 1. The number of aryl methyl sites for hydroxylation is 1. The van der Waals surface area contributed by atoms with Crippen LogP contribution in [-0.4, -0.2) is 48.3 Å². The van der Waals surface area contributed by atoms with Gasteiger partial charge in [-0.3, -0.25) is 9.78 Å². The third-order valence-corrected chi connectivity index (χ3v) is 3.09. The van der Waals surface area contributed by atoms with E-state index in [4.69, 9.17) is 9.47 Å². The van der Waals surface area contributed by atoms with Crippen molar-refractivity contribution in [2.45, 2.75) is 32.3 Å². The molecule has 0 spiro atoms. The normalized spacial score (nSPS) is 18.1. The fourth-order valence-electron chi connectivity index (χ4n) is 1.97. The van der Waals surface area contributed by atoms with E-state index in [1.165, 1.54) is 6.20 Å². The molecule has 0 unspecified atom stereocenters. The molecule has 0 aliphatic carbocycles. The van der Waals surface area contributed by atoms with E-state index >= 15 is 0 Å². The molecule has 0 radical (unpaired) electrons. The smallest absolute Gasteiger partial charge is 0.271 e. The van der Waals surface area contributed by atoms with Gasteiger partial charge in [-0.25, -0.2) is 4.98 Å². The van der Waals surface area contributed by atoms with E-state index in [-0.39, 0.29) is 12.0 Å². The lowest BCUT2D eigenvalue weighted by molar-refractivity contribution is 0.0166. The summed E-state index contributed by atoms with van der Waals surface area (Å²) < 4.78 is 11.0. The maximum atomic E-state index is 11.7. The molecule has 1 aromatic heterocycles. The molecule has 6 heteroatoms. The molecule has 1 atom stereocenters. The second-order valence-electron chi connectivity index (χ2n) is 4.86. The number of hydrogen-bond acceptors (Lipinski definition) is 5. The van der Waals surface area contributed by atoms with Gasteiger partial charge in [-0.05, 0) is 26.2 Å². The van der Waals surface area contributed by atoms with Crippen molar-refractivity contribution in [3.8, 4) is 0 Å². The summed E-state index contributed by atoms with van der Waals surface area (Å²) in [6, 6.07) is 0. The molecule has 2 heterocycles. The summed E-state index contributed by atoms with van der Waals surface area (Å²) in [7, 11) is 0. The third-order valence-electron chi connectivity index (χ3n) is 3.09. The number of rotatable bonds is 7.